The maximum absolute atomic E-state index is 5.62. The molecule has 0 amide bonds. The minimum Gasteiger partial charge on any atom is -0.346 e. The molecule has 2 aromatic heterocycles. The first-order valence-electron chi connectivity index (χ1n) is 5.86. The minimum atomic E-state index is 0.447. The third-order valence-corrected chi connectivity index (χ3v) is 2.81. The Balaban J connectivity index is 2.25. The lowest BCUT2D eigenvalue weighted by Gasteiger charge is -2.04. The summed E-state index contributed by atoms with van der Waals surface area (Å²) in [4.78, 5) is 12.0. The van der Waals surface area contributed by atoms with E-state index in [1.165, 1.54) is 0 Å². The summed E-state index contributed by atoms with van der Waals surface area (Å²) in [6.07, 6.45) is 4.49. The first-order valence-corrected chi connectivity index (χ1v) is 5.86. The molecule has 0 aliphatic rings. The molecule has 2 heterocycles. The normalized spacial score (nSPS) is 12.6. The van der Waals surface area contributed by atoms with E-state index in [0.717, 1.165) is 29.2 Å². The monoisotopic (exact) mass is 230 g/mol. The van der Waals surface area contributed by atoms with Crippen LogP contribution in [0.5, 0.6) is 0 Å². The van der Waals surface area contributed by atoms with Crippen LogP contribution in [0, 0.1) is 12.8 Å². The Morgan fingerprint density at radius 1 is 1.47 bits per heavy atom. The van der Waals surface area contributed by atoms with Crippen LogP contribution in [0.25, 0.3) is 11.3 Å². The zero-order valence-corrected chi connectivity index (χ0v) is 10.3. The zero-order chi connectivity index (χ0) is 12.3. The second kappa shape index (κ2) is 5.10. The number of imidazole rings is 1. The summed E-state index contributed by atoms with van der Waals surface area (Å²) in [6.45, 7) is 4.84. The van der Waals surface area contributed by atoms with Crippen LogP contribution >= 0.6 is 0 Å². The van der Waals surface area contributed by atoms with E-state index in [9.17, 15) is 0 Å². The molecule has 2 aromatic rings. The van der Waals surface area contributed by atoms with Crippen molar-refractivity contribution in [3.8, 4) is 11.3 Å². The Morgan fingerprint density at radius 3 is 2.94 bits per heavy atom. The van der Waals surface area contributed by atoms with Crippen molar-refractivity contribution < 1.29 is 0 Å². The number of nitrogens with zero attached hydrogens (tertiary/aromatic N) is 2. The van der Waals surface area contributed by atoms with Gasteiger partial charge in [-0.05, 0) is 31.5 Å². The lowest BCUT2D eigenvalue weighted by molar-refractivity contribution is 0.577. The molecule has 1 atom stereocenters. The molecule has 0 aromatic carbocycles. The van der Waals surface area contributed by atoms with Gasteiger partial charge in [0, 0.05) is 30.1 Å². The van der Waals surface area contributed by atoms with E-state index in [0.29, 0.717) is 12.5 Å². The van der Waals surface area contributed by atoms with Crippen LogP contribution in [0.2, 0.25) is 0 Å². The summed E-state index contributed by atoms with van der Waals surface area (Å²) in [6, 6.07) is 3.94. The summed E-state index contributed by atoms with van der Waals surface area (Å²) in [5.41, 5.74) is 8.74. The predicted molar refractivity (Wildman–Crippen MR) is 68.5 cm³/mol. The third-order valence-electron chi connectivity index (χ3n) is 2.81. The standard InChI is InChI=1S/C13H18N4/c1-9(7-14)6-12-16-10(2)13(17-12)11-4-3-5-15-8-11/h3-5,8-9H,6-7,14H2,1-2H3,(H,16,17). The molecule has 0 saturated carbocycles. The molecule has 1 unspecified atom stereocenters. The van der Waals surface area contributed by atoms with Crippen LogP contribution in [0.3, 0.4) is 0 Å². The maximum atomic E-state index is 5.62. The molecular weight excluding hydrogens is 212 g/mol. The number of pyridine rings is 1. The van der Waals surface area contributed by atoms with Gasteiger partial charge in [0.15, 0.2) is 0 Å². The van der Waals surface area contributed by atoms with Crippen molar-refractivity contribution in [1.29, 1.82) is 0 Å². The number of aryl methyl sites for hydroxylation is 1. The average molecular weight is 230 g/mol. The molecule has 4 heteroatoms. The molecule has 0 aliphatic carbocycles. The molecule has 0 spiro atoms. The fourth-order valence-corrected chi connectivity index (χ4v) is 1.82. The van der Waals surface area contributed by atoms with Gasteiger partial charge in [-0.3, -0.25) is 4.98 Å². The first kappa shape index (κ1) is 11.8. The van der Waals surface area contributed by atoms with Crippen molar-refractivity contribution in [2.24, 2.45) is 11.7 Å². The fraction of sp³-hybridized carbons (Fsp3) is 0.385. The maximum Gasteiger partial charge on any atom is 0.107 e. The lowest BCUT2D eigenvalue weighted by Crippen LogP contribution is -2.13. The van der Waals surface area contributed by atoms with Gasteiger partial charge < -0.3 is 10.7 Å². The van der Waals surface area contributed by atoms with Gasteiger partial charge in [-0.2, -0.15) is 0 Å². The van der Waals surface area contributed by atoms with Crippen molar-refractivity contribution in [3.05, 3.63) is 36.0 Å². The number of aromatic nitrogens is 3. The van der Waals surface area contributed by atoms with E-state index in [2.05, 4.69) is 21.9 Å². The molecule has 0 fully saturated rings. The van der Waals surface area contributed by atoms with Gasteiger partial charge in [0.05, 0.1) is 5.69 Å². The number of hydrogen-bond acceptors (Lipinski definition) is 3. The molecule has 3 N–H and O–H groups in total. The van der Waals surface area contributed by atoms with Crippen LogP contribution in [0.1, 0.15) is 18.4 Å². The van der Waals surface area contributed by atoms with Gasteiger partial charge >= 0.3 is 0 Å². The number of aromatic amines is 1. The van der Waals surface area contributed by atoms with Crippen molar-refractivity contribution >= 4 is 0 Å². The second-order valence-corrected chi connectivity index (χ2v) is 4.44. The topological polar surface area (TPSA) is 67.6 Å². The Morgan fingerprint density at radius 2 is 2.29 bits per heavy atom. The van der Waals surface area contributed by atoms with Crippen molar-refractivity contribution in [2.75, 3.05) is 6.54 Å². The summed E-state index contributed by atoms with van der Waals surface area (Å²) in [5, 5.41) is 0. The molecule has 17 heavy (non-hydrogen) atoms. The van der Waals surface area contributed by atoms with Crippen LogP contribution in [-0.2, 0) is 6.42 Å². The second-order valence-electron chi connectivity index (χ2n) is 4.44. The van der Waals surface area contributed by atoms with Crippen LogP contribution in [0.4, 0.5) is 0 Å². The molecule has 0 saturated heterocycles. The minimum absolute atomic E-state index is 0.447. The highest BCUT2D eigenvalue weighted by Gasteiger charge is 2.10. The number of hydrogen-bond donors (Lipinski definition) is 2. The zero-order valence-electron chi connectivity index (χ0n) is 10.3. The number of nitrogens with one attached hydrogen (secondary N) is 1. The van der Waals surface area contributed by atoms with E-state index in [4.69, 9.17) is 5.73 Å². The summed E-state index contributed by atoms with van der Waals surface area (Å²) < 4.78 is 0. The van der Waals surface area contributed by atoms with Gasteiger partial charge in [-0.1, -0.05) is 6.92 Å². The van der Waals surface area contributed by atoms with Crippen LogP contribution in [0.15, 0.2) is 24.5 Å². The highest BCUT2D eigenvalue weighted by atomic mass is 14.9. The van der Waals surface area contributed by atoms with Gasteiger partial charge in [0.2, 0.25) is 0 Å². The highest BCUT2D eigenvalue weighted by Crippen LogP contribution is 2.20. The van der Waals surface area contributed by atoms with Gasteiger partial charge in [-0.25, -0.2) is 4.98 Å². The van der Waals surface area contributed by atoms with Crippen molar-refractivity contribution in [2.45, 2.75) is 20.3 Å². The highest BCUT2D eigenvalue weighted by molar-refractivity contribution is 5.60. The van der Waals surface area contributed by atoms with Gasteiger partial charge in [0.1, 0.15) is 5.82 Å². The Kier molecular flexibility index (Phi) is 3.54. The Hall–Kier alpha value is -1.68. The SMILES string of the molecule is Cc1[nH]c(CC(C)CN)nc1-c1cccnc1. The summed E-state index contributed by atoms with van der Waals surface area (Å²) in [7, 11) is 0. The molecule has 0 radical (unpaired) electrons. The number of rotatable bonds is 4. The number of H-pyrrole nitrogens is 1. The Bertz CT molecular complexity index is 475. The Labute approximate surface area is 101 Å². The number of nitrogens with two attached hydrogens (primary N) is 1. The van der Waals surface area contributed by atoms with Crippen LogP contribution < -0.4 is 5.73 Å². The predicted octanol–water partition coefficient (Wildman–Crippen LogP) is 1.92. The summed E-state index contributed by atoms with van der Waals surface area (Å²) >= 11 is 0. The molecule has 90 valence electrons. The van der Waals surface area contributed by atoms with E-state index >= 15 is 0 Å². The fourth-order valence-electron chi connectivity index (χ4n) is 1.82. The van der Waals surface area contributed by atoms with Crippen LogP contribution in [-0.4, -0.2) is 21.5 Å². The first-order chi connectivity index (χ1) is 8.20. The van der Waals surface area contributed by atoms with Gasteiger partial charge in [-0.15, -0.1) is 0 Å². The summed E-state index contributed by atoms with van der Waals surface area (Å²) in [5.74, 6) is 1.45. The molecule has 2 rings (SSSR count). The van der Waals surface area contributed by atoms with E-state index in [1.807, 2.05) is 25.3 Å². The molecule has 4 nitrogen and oxygen atoms in total. The van der Waals surface area contributed by atoms with E-state index in [1.54, 1.807) is 6.20 Å². The van der Waals surface area contributed by atoms with Crippen molar-refractivity contribution in [1.82, 2.24) is 15.0 Å². The quantitative estimate of drug-likeness (QED) is 0.843. The van der Waals surface area contributed by atoms with E-state index < -0.39 is 0 Å². The van der Waals surface area contributed by atoms with Crippen molar-refractivity contribution in [3.63, 3.8) is 0 Å². The lowest BCUT2D eigenvalue weighted by atomic mass is 10.1. The molecule has 0 aliphatic heterocycles. The molecular formula is C13H18N4. The smallest absolute Gasteiger partial charge is 0.107 e. The third kappa shape index (κ3) is 2.71. The molecule has 0 bridgehead atoms. The van der Waals surface area contributed by atoms with Gasteiger partial charge in [0.25, 0.3) is 0 Å². The average Bonchev–Trinajstić information content (AvgIpc) is 2.71. The van der Waals surface area contributed by atoms with E-state index in [-0.39, 0.29) is 0 Å². The largest absolute Gasteiger partial charge is 0.346 e.